The summed E-state index contributed by atoms with van der Waals surface area (Å²) < 4.78 is 0. The Bertz CT molecular complexity index is 458. The molecule has 1 aliphatic heterocycles. The van der Waals surface area contributed by atoms with E-state index in [0.29, 0.717) is 17.9 Å². The fourth-order valence-corrected chi connectivity index (χ4v) is 1.51. The van der Waals surface area contributed by atoms with Gasteiger partial charge in [-0.3, -0.25) is 0 Å². The molecule has 0 amide bonds. The molecule has 6 nitrogen and oxygen atoms in total. The lowest BCUT2D eigenvalue weighted by molar-refractivity contribution is 0.0690. The zero-order valence-corrected chi connectivity index (χ0v) is 9.08. The molecule has 1 aromatic heterocycles. The molecule has 1 aromatic rings. The molecule has 0 radical (unpaired) electrons. The standard InChI is InChI=1S/C10H12N4O2/c1-7-3-4-8(9(12-7)10(15)16)14-11-5-6-13(14)2/h3-5H,6H2,1-2H3,(H,15,16). The largest absolute Gasteiger partial charge is 0.476 e. The molecule has 1 N–H and O–H groups in total. The van der Waals surface area contributed by atoms with Gasteiger partial charge in [-0.15, -0.1) is 0 Å². The maximum atomic E-state index is 11.1. The highest BCUT2D eigenvalue weighted by Gasteiger charge is 2.22. The molecular weight excluding hydrogens is 208 g/mol. The van der Waals surface area contributed by atoms with Crippen molar-refractivity contribution in [2.45, 2.75) is 6.92 Å². The third-order valence-corrected chi connectivity index (χ3v) is 2.29. The number of carboxylic acid groups (broad SMARTS) is 1. The fourth-order valence-electron chi connectivity index (χ4n) is 1.51. The summed E-state index contributed by atoms with van der Waals surface area (Å²) in [6, 6.07) is 3.48. The van der Waals surface area contributed by atoms with Crippen molar-refractivity contribution in [1.29, 1.82) is 0 Å². The molecule has 0 bridgehead atoms. The number of hydrogen-bond donors (Lipinski definition) is 1. The van der Waals surface area contributed by atoms with Gasteiger partial charge in [0, 0.05) is 19.0 Å². The van der Waals surface area contributed by atoms with E-state index in [1.807, 2.05) is 7.05 Å². The van der Waals surface area contributed by atoms with Crippen LogP contribution < -0.4 is 5.12 Å². The van der Waals surface area contributed by atoms with Crippen LogP contribution in [0.2, 0.25) is 0 Å². The maximum absolute atomic E-state index is 11.1. The van der Waals surface area contributed by atoms with Crippen LogP contribution in [0.5, 0.6) is 0 Å². The topological polar surface area (TPSA) is 69.0 Å². The van der Waals surface area contributed by atoms with E-state index >= 15 is 0 Å². The second kappa shape index (κ2) is 3.90. The van der Waals surface area contributed by atoms with Gasteiger partial charge >= 0.3 is 5.97 Å². The Morgan fingerprint density at radius 1 is 1.50 bits per heavy atom. The molecule has 0 unspecified atom stereocenters. The molecule has 16 heavy (non-hydrogen) atoms. The summed E-state index contributed by atoms with van der Waals surface area (Å²) in [6.07, 6.45) is 1.71. The summed E-state index contributed by atoms with van der Waals surface area (Å²) in [6.45, 7) is 2.42. The zero-order valence-electron chi connectivity index (χ0n) is 9.08. The minimum atomic E-state index is -1.05. The van der Waals surface area contributed by atoms with Crippen LogP contribution in [0.4, 0.5) is 5.69 Å². The van der Waals surface area contributed by atoms with E-state index in [1.54, 1.807) is 30.3 Å². The van der Waals surface area contributed by atoms with Crippen LogP contribution in [-0.4, -0.2) is 40.9 Å². The molecule has 0 atom stereocenters. The predicted molar refractivity (Wildman–Crippen MR) is 59.5 cm³/mol. The van der Waals surface area contributed by atoms with Crippen molar-refractivity contribution in [3.63, 3.8) is 0 Å². The lowest BCUT2D eigenvalue weighted by Crippen LogP contribution is -2.32. The number of pyridine rings is 1. The normalized spacial score (nSPS) is 15.8. The van der Waals surface area contributed by atoms with Crippen molar-refractivity contribution in [2.75, 3.05) is 18.7 Å². The molecule has 0 fully saturated rings. The summed E-state index contributed by atoms with van der Waals surface area (Å²) >= 11 is 0. The van der Waals surface area contributed by atoms with Gasteiger partial charge < -0.3 is 5.11 Å². The first-order valence-corrected chi connectivity index (χ1v) is 4.84. The van der Waals surface area contributed by atoms with Crippen molar-refractivity contribution < 1.29 is 9.90 Å². The quantitative estimate of drug-likeness (QED) is 0.796. The Labute approximate surface area is 92.8 Å². The van der Waals surface area contributed by atoms with E-state index in [0.717, 1.165) is 0 Å². The van der Waals surface area contributed by atoms with Gasteiger partial charge in [-0.2, -0.15) is 15.2 Å². The molecule has 0 saturated heterocycles. The second-order valence-corrected chi connectivity index (χ2v) is 3.55. The number of aromatic nitrogens is 1. The first-order chi connectivity index (χ1) is 7.59. The zero-order chi connectivity index (χ0) is 11.7. The van der Waals surface area contributed by atoms with Gasteiger partial charge in [0.15, 0.2) is 5.69 Å². The average Bonchev–Trinajstić information content (AvgIpc) is 2.64. The highest BCUT2D eigenvalue weighted by Crippen LogP contribution is 2.22. The molecule has 2 rings (SSSR count). The molecule has 0 aromatic carbocycles. The fraction of sp³-hybridized carbons (Fsp3) is 0.300. The lowest BCUT2D eigenvalue weighted by Gasteiger charge is -2.23. The van der Waals surface area contributed by atoms with Gasteiger partial charge in [-0.05, 0) is 19.1 Å². The van der Waals surface area contributed by atoms with Crippen LogP contribution in [-0.2, 0) is 0 Å². The number of carboxylic acids is 1. The van der Waals surface area contributed by atoms with Crippen molar-refractivity contribution >= 4 is 17.9 Å². The molecule has 1 aliphatic rings. The van der Waals surface area contributed by atoms with Crippen LogP contribution in [0, 0.1) is 6.92 Å². The summed E-state index contributed by atoms with van der Waals surface area (Å²) in [5.41, 5.74) is 1.17. The maximum Gasteiger partial charge on any atom is 0.356 e. The molecule has 2 heterocycles. The third-order valence-electron chi connectivity index (χ3n) is 2.29. The van der Waals surface area contributed by atoms with Gasteiger partial charge in [0.1, 0.15) is 5.69 Å². The lowest BCUT2D eigenvalue weighted by atomic mass is 10.2. The summed E-state index contributed by atoms with van der Waals surface area (Å²) in [4.78, 5) is 15.1. The van der Waals surface area contributed by atoms with Crippen molar-refractivity contribution in [3.8, 4) is 0 Å². The number of carbonyl (C=O) groups is 1. The Balaban J connectivity index is 2.47. The molecular formula is C10H12N4O2. The molecule has 0 spiro atoms. The second-order valence-electron chi connectivity index (χ2n) is 3.55. The number of hydrogen-bond acceptors (Lipinski definition) is 5. The third kappa shape index (κ3) is 1.74. The van der Waals surface area contributed by atoms with Gasteiger partial charge in [-0.1, -0.05) is 0 Å². The Morgan fingerprint density at radius 2 is 2.25 bits per heavy atom. The SMILES string of the molecule is Cc1ccc(N2N=CCN2C)c(C(=O)O)n1. The summed E-state index contributed by atoms with van der Waals surface area (Å²) in [5, 5.41) is 16.5. The van der Waals surface area contributed by atoms with Gasteiger partial charge in [0.05, 0.1) is 6.54 Å². The Hall–Kier alpha value is -1.95. The Morgan fingerprint density at radius 3 is 2.81 bits per heavy atom. The van der Waals surface area contributed by atoms with Gasteiger partial charge in [0.25, 0.3) is 0 Å². The molecule has 6 heteroatoms. The van der Waals surface area contributed by atoms with Crippen LogP contribution in [0.3, 0.4) is 0 Å². The number of aryl methyl sites for hydroxylation is 1. The number of rotatable bonds is 2. The monoisotopic (exact) mass is 220 g/mol. The molecule has 0 aliphatic carbocycles. The summed E-state index contributed by atoms with van der Waals surface area (Å²) in [5.74, 6) is -1.05. The van der Waals surface area contributed by atoms with Crippen LogP contribution in [0.15, 0.2) is 17.2 Å². The average molecular weight is 220 g/mol. The molecule has 0 saturated carbocycles. The van der Waals surface area contributed by atoms with Crippen molar-refractivity contribution in [1.82, 2.24) is 9.99 Å². The minimum Gasteiger partial charge on any atom is -0.476 e. The first kappa shape index (κ1) is 10.6. The van der Waals surface area contributed by atoms with Crippen LogP contribution in [0.1, 0.15) is 16.2 Å². The highest BCUT2D eigenvalue weighted by atomic mass is 16.4. The van der Waals surface area contributed by atoms with E-state index in [1.165, 1.54) is 5.12 Å². The summed E-state index contributed by atoms with van der Waals surface area (Å²) in [7, 11) is 1.83. The number of hydrazone groups is 1. The van der Waals surface area contributed by atoms with E-state index < -0.39 is 5.97 Å². The van der Waals surface area contributed by atoms with Gasteiger partial charge in [-0.25, -0.2) is 9.78 Å². The highest BCUT2D eigenvalue weighted by molar-refractivity contribution is 5.92. The van der Waals surface area contributed by atoms with Crippen LogP contribution >= 0.6 is 0 Å². The predicted octanol–water partition coefficient (Wildman–Crippen LogP) is 0.741. The van der Waals surface area contributed by atoms with Crippen molar-refractivity contribution in [3.05, 3.63) is 23.5 Å². The molecule has 84 valence electrons. The smallest absolute Gasteiger partial charge is 0.356 e. The van der Waals surface area contributed by atoms with Crippen molar-refractivity contribution in [2.24, 2.45) is 5.10 Å². The number of hydrazine groups is 1. The van der Waals surface area contributed by atoms with E-state index in [9.17, 15) is 4.79 Å². The first-order valence-electron chi connectivity index (χ1n) is 4.84. The van der Waals surface area contributed by atoms with E-state index in [-0.39, 0.29) is 5.69 Å². The minimum absolute atomic E-state index is 0.0194. The van der Waals surface area contributed by atoms with Crippen LogP contribution in [0.25, 0.3) is 0 Å². The number of anilines is 1. The van der Waals surface area contributed by atoms with Gasteiger partial charge in [0.2, 0.25) is 0 Å². The number of aromatic carboxylic acids is 1. The van der Waals surface area contributed by atoms with E-state index in [4.69, 9.17) is 5.11 Å². The van der Waals surface area contributed by atoms with E-state index in [2.05, 4.69) is 10.1 Å². The Kier molecular flexibility index (Phi) is 2.57. The number of nitrogens with zero attached hydrogens (tertiary/aromatic N) is 4.